The van der Waals surface area contributed by atoms with Crippen molar-refractivity contribution in [2.24, 2.45) is 0 Å². The van der Waals surface area contributed by atoms with Gasteiger partial charge in [0.25, 0.3) is 11.6 Å². The van der Waals surface area contributed by atoms with Crippen molar-refractivity contribution in [1.29, 1.82) is 0 Å². The number of anilines is 1. The van der Waals surface area contributed by atoms with E-state index in [2.05, 4.69) is 20.8 Å². The quantitative estimate of drug-likeness (QED) is 0.514. The van der Waals surface area contributed by atoms with E-state index in [-0.39, 0.29) is 5.69 Å². The van der Waals surface area contributed by atoms with Crippen LogP contribution < -0.4 is 10.9 Å². The van der Waals surface area contributed by atoms with E-state index in [4.69, 9.17) is 0 Å². The fourth-order valence-corrected chi connectivity index (χ4v) is 2.48. The maximum atomic E-state index is 12.2. The van der Waals surface area contributed by atoms with E-state index in [1.807, 2.05) is 37.3 Å². The van der Waals surface area contributed by atoms with Gasteiger partial charge in [-0.15, -0.1) is 0 Å². The van der Waals surface area contributed by atoms with E-state index in [1.165, 1.54) is 24.3 Å². The molecule has 2 N–H and O–H groups in total. The number of hydrogen-bond acceptors (Lipinski definition) is 6. The molecular formula is C19H17N5O3. The third kappa shape index (κ3) is 4.85. The molecule has 0 saturated heterocycles. The highest BCUT2D eigenvalue weighted by atomic mass is 16.6. The van der Waals surface area contributed by atoms with Crippen LogP contribution in [0.25, 0.3) is 0 Å². The zero-order valence-electron chi connectivity index (χ0n) is 14.5. The van der Waals surface area contributed by atoms with Crippen molar-refractivity contribution in [2.45, 2.75) is 13.3 Å². The van der Waals surface area contributed by atoms with Crippen LogP contribution in [0.1, 0.15) is 27.4 Å². The van der Waals surface area contributed by atoms with Gasteiger partial charge in [-0.1, -0.05) is 30.3 Å². The van der Waals surface area contributed by atoms with Crippen LogP contribution in [0.15, 0.2) is 60.7 Å². The SMILES string of the molecule is Cc1cc(NNC(=O)c2ccc([N+](=O)[O-])cc2)nc(Cc2ccccc2)n1. The maximum absolute atomic E-state index is 12.2. The number of non-ortho nitro benzene ring substituents is 1. The summed E-state index contributed by atoms with van der Waals surface area (Å²) in [6.07, 6.45) is 0.577. The molecule has 0 saturated carbocycles. The molecule has 0 bridgehead atoms. The van der Waals surface area contributed by atoms with Crippen molar-refractivity contribution in [2.75, 3.05) is 5.43 Å². The van der Waals surface area contributed by atoms with Gasteiger partial charge >= 0.3 is 0 Å². The number of aryl methyl sites for hydroxylation is 1. The molecule has 0 fully saturated rings. The summed E-state index contributed by atoms with van der Waals surface area (Å²) in [6, 6.07) is 16.9. The first-order valence-corrected chi connectivity index (χ1v) is 8.20. The summed E-state index contributed by atoms with van der Waals surface area (Å²) in [7, 11) is 0. The number of nitrogens with zero attached hydrogens (tertiary/aromatic N) is 3. The Morgan fingerprint density at radius 2 is 1.78 bits per heavy atom. The zero-order valence-corrected chi connectivity index (χ0v) is 14.5. The summed E-state index contributed by atoms with van der Waals surface area (Å²) in [6.45, 7) is 1.85. The molecule has 3 aromatic rings. The fraction of sp³-hybridized carbons (Fsp3) is 0.105. The third-order valence-electron chi connectivity index (χ3n) is 3.75. The third-order valence-corrected chi connectivity index (χ3v) is 3.75. The lowest BCUT2D eigenvalue weighted by molar-refractivity contribution is -0.384. The summed E-state index contributed by atoms with van der Waals surface area (Å²) in [5.74, 6) is 0.669. The topological polar surface area (TPSA) is 110 Å². The van der Waals surface area contributed by atoms with Gasteiger partial charge in [0.1, 0.15) is 11.6 Å². The number of hydrogen-bond donors (Lipinski definition) is 2. The van der Waals surface area contributed by atoms with E-state index >= 15 is 0 Å². The number of carbonyl (C=O) groups excluding carboxylic acids is 1. The number of nitrogens with one attached hydrogen (secondary N) is 2. The second-order valence-electron chi connectivity index (χ2n) is 5.86. The van der Waals surface area contributed by atoms with Crippen LogP contribution in [0.2, 0.25) is 0 Å². The molecule has 1 amide bonds. The molecule has 0 radical (unpaired) electrons. The highest BCUT2D eigenvalue weighted by Crippen LogP contribution is 2.13. The lowest BCUT2D eigenvalue weighted by Crippen LogP contribution is -2.30. The van der Waals surface area contributed by atoms with Crippen molar-refractivity contribution in [3.8, 4) is 0 Å². The number of nitro groups is 1. The lowest BCUT2D eigenvalue weighted by atomic mass is 10.1. The van der Waals surface area contributed by atoms with E-state index in [0.717, 1.165) is 11.3 Å². The van der Waals surface area contributed by atoms with Crippen molar-refractivity contribution in [1.82, 2.24) is 15.4 Å². The van der Waals surface area contributed by atoms with Gasteiger partial charge < -0.3 is 0 Å². The Bertz CT molecular complexity index is 959. The molecule has 2 aromatic carbocycles. The normalized spacial score (nSPS) is 10.3. The Balaban J connectivity index is 1.66. The second kappa shape index (κ2) is 8.05. The number of aromatic nitrogens is 2. The highest BCUT2D eigenvalue weighted by molar-refractivity contribution is 5.95. The molecule has 0 atom stereocenters. The van der Waals surface area contributed by atoms with E-state index in [1.54, 1.807) is 6.07 Å². The summed E-state index contributed by atoms with van der Waals surface area (Å²) in [5.41, 5.74) is 7.37. The standard InChI is InChI=1S/C19H17N5O3/c1-13-11-18(21-17(20-13)12-14-5-3-2-4-6-14)22-23-19(25)15-7-9-16(10-8-15)24(26)27/h2-11H,12H2,1H3,(H,23,25)(H,20,21,22). The average molecular weight is 363 g/mol. The zero-order chi connectivity index (χ0) is 19.2. The van der Waals surface area contributed by atoms with Crippen LogP contribution >= 0.6 is 0 Å². The van der Waals surface area contributed by atoms with Gasteiger partial charge in [0.15, 0.2) is 0 Å². The maximum Gasteiger partial charge on any atom is 0.269 e. The molecule has 0 spiro atoms. The molecule has 0 aliphatic rings. The average Bonchev–Trinajstić information content (AvgIpc) is 2.66. The van der Waals surface area contributed by atoms with Crippen LogP contribution in [0.4, 0.5) is 11.5 Å². The van der Waals surface area contributed by atoms with Gasteiger partial charge in [-0.25, -0.2) is 9.97 Å². The van der Waals surface area contributed by atoms with Crippen molar-refractivity contribution >= 4 is 17.4 Å². The summed E-state index contributed by atoms with van der Waals surface area (Å²) in [4.78, 5) is 31.1. The van der Waals surface area contributed by atoms with E-state index < -0.39 is 10.8 Å². The number of carbonyl (C=O) groups is 1. The van der Waals surface area contributed by atoms with Gasteiger partial charge in [0.2, 0.25) is 0 Å². The second-order valence-corrected chi connectivity index (χ2v) is 5.86. The fourth-order valence-electron chi connectivity index (χ4n) is 2.48. The van der Waals surface area contributed by atoms with Crippen LogP contribution in [0, 0.1) is 17.0 Å². The molecule has 8 nitrogen and oxygen atoms in total. The Kier molecular flexibility index (Phi) is 5.36. The molecule has 1 heterocycles. The Hall–Kier alpha value is -3.81. The smallest absolute Gasteiger partial charge is 0.269 e. The van der Waals surface area contributed by atoms with Gasteiger partial charge in [-0.05, 0) is 24.6 Å². The molecule has 136 valence electrons. The van der Waals surface area contributed by atoms with Gasteiger partial charge in [-0.3, -0.25) is 25.8 Å². The largest absolute Gasteiger partial charge is 0.281 e. The summed E-state index contributed by atoms with van der Waals surface area (Å²) in [5, 5.41) is 10.7. The molecule has 0 unspecified atom stereocenters. The number of benzene rings is 2. The van der Waals surface area contributed by atoms with Crippen molar-refractivity contribution in [3.05, 3.63) is 93.4 Å². The molecule has 8 heteroatoms. The minimum atomic E-state index is -0.516. The minimum absolute atomic E-state index is 0.0727. The van der Waals surface area contributed by atoms with Crippen LogP contribution in [-0.4, -0.2) is 20.8 Å². The first kappa shape index (κ1) is 18.0. The number of hydrazine groups is 1. The van der Waals surface area contributed by atoms with Gasteiger partial charge in [-0.2, -0.15) is 0 Å². The lowest BCUT2D eigenvalue weighted by Gasteiger charge is -2.10. The van der Waals surface area contributed by atoms with Crippen molar-refractivity contribution in [3.63, 3.8) is 0 Å². The van der Waals surface area contributed by atoms with Gasteiger partial charge in [0, 0.05) is 35.9 Å². The first-order valence-electron chi connectivity index (χ1n) is 8.20. The molecule has 0 aliphatic carbocycles. The Morgan fingerprint density at radius 1 is 1.07 bits per heavy atom. The first-order chi connectivity index (χ1) is 13.0. The van der Waals surface area contributed by atoms with Gasteiger partial charge in [0.05, 0.1) is 4.92 Å². The summed E-state index contributed by atoms with van der Waals surface area (Å²) >= 11 is 0. The predicted octanol–water partition coefficient (Wildman–Crippen LogP) is 3.04. The summed E-state index contributed by atoms with van der Waals surface area (Å²) < 4.78 is 0. The Labute approximate surface area is 155 Å². The Morgan fingerprint density at radius 3 is 2.44 bits per heavy atom. The highest BCUT2D eigenvalue weighted by Gasteiger charge is 2.10. The molecule has 27 heavy (non-hydrogen) atoms. The van der Waals surface area contributed by atoms with Crippen LogP contribution in [0.5, 0.6) is 0 Å². The van der Waals surface area contributed by atoms with E-state index in [9.17, 15) is 14.9 Å². The number of nitro benzene ring substituents is 1. The number of amides is 1. The molecular weight excluding hydrogens is 346 g/mol. The molecule has 1 aromatic heterocycles. The minimum Gasteiger partial charge on any atom is -0.281 e. The van der Waals surface area contributed by atoms with E-state index in [0.29, 0.717) is 23.6 Å². The number of rotatable bonds is 6. The van der Waals surface area contributed by atoms with Crippen LogP contribution in [-0.2, 0) is 6.42 Å². The molecule has 3 rings (SSSR count). The molecule has 0 aliphatic heterocycles. The van der Waals surface area contributed by atoms with Crippen LogP contribution in [0.3, 0.4) is 0 Å². The predicted molar refractivity (Wildman–Crippen MR) is 100 cm³/mol. The monoisotopic (exact) mass is 363 g/mol. The van der Waals surface area contributed by atoms with Crippen molar-refractivity contribution < 1.29 is 9.72 Å².